The first kappa shape index (κ1) is 37.3. The van der Waals surface area contributed by atoms with Crippen LogP contribution in [0.25, 0.3) is 0 Å². The zero-order valence-electron chi connectivity index (χ0n) is 35.2. The van der Waals surface area contributed by atoms with Crippen molar-refractivity contribution < 1.29 is 0 Å². The van der Waals surface area contributed by atoms with E-state index in [2.05, 4.69) is 83.1 Å². The molecule has 0 aromatic rings. The van der Waals surface area contributed by atoms with Crippen LogP contribution in [0.4, 0.5) is 0 Å². The van der Waals surface area contributed by atoms with Gasteiger partial charge in [0.25, 0.3) is 0 Å². The Hall–Kier alpha value is 0. The molecular weight excluding hydrogens is 589 g/mol. The molecule has 7 aliphatic carbocycles. The van der Waals surface area contributed by atoms with Crippen LogP contribution in [-0.4, -0.2) is 0 Å². The highest BCUT2D eigenvalue weighted by Gasteiger charge is 2.72. The summed E-state index contributed by atoms with van der Waals surface area (Å²) in [6.07, 6.45) is 24.9. The lowest BCUT2D eigenvalue weighted by Gasteiger charge is -2.77. The number of hydrogen-bond donors (Lipinski definition) is 0. The summed E-state index contributed by atoms with van der Waals surface area (Å²) >= 11 is 0. The van der Waals surface area contributed by atoms with Gasteiger partial charge in [0.1, 0.15) is 0 Å². The lowest BCUT2D eigenvalue weighted by Crippen LogP contribution is -2.71. The molecule has 0 nitrogen and oxygen atoms in total. The molecule has 0 heteroatoms. The molecule has 0 radical (unpaired) electrons. The molecule has 7 saturated carbocycles. The van der Waals surface area contributed by atoms with Gasteiger partial charge in [-0.05, 0) is 187 Å². The Morgan fingerprint density at radius 2 is 1.18 bits per heavy atom. The molecule has 49 heavy (non-hydrogen) atoms. The van der Waals surface area contributed by atoms with Gasteiger partial charge in [-0.2, -0.15) is 0 Å². The first-order chi connectivity index (χ1) is 23.2. The number of rotatable bonds is 5. The summed E-state index contributed by atoms with van der Waals surface area (Å²) in [6.45, 7) is 32.9. The highest BCUT2D eigenvalue weighted by molar-refractivity contribution is 5.20. The SMILES string of the molecule is CC(C)C1C(C)CC2(C)C(C)C3(C)C(C)C4CCC(CC5CCC(C6CCC(C7CCCCC7)CC6)C5)C(C)C4C(C)C3C(C)C2(C)C1C. The van der Waals surface area contributed by atoms with Crippen molar-refractivity contribution in [3.8, 4) is 0 Å². The van der Waals surface area contributed by atoms with E-state index < -0.39 is 0 Å². The van der Waals surface area contributed by atoms with Crippen molar-refractivity contribution in [1.29, 1.82) is 0 Å². The van der Waals surface area contributed by atoms with Crippen LogP contribution in [0.3, 0.4) is 0 Å². The van der Waals surface area contributed by atoms with Gasteiger partial charge in [-0.25, -0.2) is 0 Å². The molecule has 0 bridgehead atoms. The van der Waals surface area contributed by atoms with Crippen LogP contribution in [-0.2, 0) is 0 Å². The third-order valence-corrected chi connectivity index (χ3v) is 21.5. The van der Waals surface area contributed by atoms with Crippen LogP contribution in [0.2, 0.25) is 0 Å². The van der Waals surface area contributed by atoms with Crippen molar-refractivity contribution in [2.24, 2.45) is 123 Å². The van der Waals surface area contributed by atoms with E-state index in [-0.39, 0.29) is 0 Å². The number of fused-ring (bicyclic) bond motifs is 3. The van der Waals surface area contributed by atoms with E-state index >= 15 is 0 Å². The van der Waals surface area contributed by atoms with E-state index in [0.29, 0.717) is 16.2 Å². The molecule has 7 rings (SSSR count). The smallest absolute Gasteiger partial charge is 0.0212 e. The lowest BCUT2D eigenvalue weighted by atomic mass is 9.28. The maximum atomic E-state index is 2.85. The zero-order chi connectivity index (χ0) is 35.2. The summed E-state index contributed by atoms with van der Waals surface area (Å²) in [5.74, 6) is 16.7. The van der Waals surface area contributed by atoms with Crippen molar-refractivity contribution in [2.45, 2.75) is 186 Å². The first-order valence-electron chi connectivity index (χ1n) is 23.2. The highest BCUT2D eigenvalue weighted by Crippen LogP contribution is 2.78. The molecule has 0 heterocycles. The fraction of sp³-hybridized carbons (Fsp3) is 1.00. The Kier molecular flexibility index (Phi) is 10.4. The molecule has 0 aliphatic heterocycles. The molecule has 17 atom stereocenters. The van der Waals surface area contributed by atoms with Gasteiger partial charge in [0, 0.05) is 0 Å². The van der Waals surface area contributed by atoms with Crippen LogP contribution >= 0.6 is 0 Å². The molecule has 0 saturated heterocycles. The molecule has 17 unspecified atom stereocenters. The third-order valence-electron chi connectivity index (χ3n) is 21.5. The molecule has 7 fully saturated rings. The van der Waals surface area contributed by atoms with E-state index in [1.807, 2.05) is 0 Å². The Bertz CT molecular complexity index is 1120. The molecule has 0 aromatic heterocycles. The summed E-state index contributed by atoms with van der Waals surface area (Å²) < 4.78 is 0. The summed E-state index contributed by atoms with van der Waals surface area (Å²) in [5, 5.41) is 0. The topological polar surface area (TPSA) is 0 Å². The van der Waals surface area contributed by atoms with E-state index in [4.69, 9.17) is 0 Å². The molecule has 0 N–H and O–H groups in total. The van der Waals surface area contributed by atoms with E-state index in [9.17, 15) is 0 Å². The summed E-state index contributed by atoms with van der Waals surface area (Å²) in [6, 6.07) is 0. The van der Waals surface area contributed by atoms with Crippen LogP contribution in [0.5, 0.6) is 0 Å². The second-order valence-electron chi connectivity index (χ2n) is 22.7. The van der Waals surface area contributed by atoms with Crippen molar-refractivity contribution in [1.82, 2.24) is 0 Å². The van der Waals surface area contributed by atoms with Gasteiger partial charge in [0.15, 0.2) is 0 Å². The first-order valence-corrected chi connectivity index (χ1v) is 23.2. The minimum absolute atomic E-state index is 0.421. The fourth-order valence-corrected chi connectivity index (χ4v) is 18.8. The molecule has 282 valence electrons. The minimum Gasteiger partial charge on any atom is -0.0625 e. The van der Waals surface area contributed by atoms with Gasteiger partial charge in [0.2, 0.25) is 0 Å². The van der Waals surface area contributed by atoms with Gasteiger partial charge < -0.3 is 0 Å². The van der Waals surface area contributed by atoms with E-state index in [1.54, 1.807) is 64.2 Å². The largest absolute Gasteiger partial charge is 0.0625 e. The van der Waals surface area contributed by atoms with Gasteiger partial charge in [-0.15, -0.1) is 0 Å². The second kappa shape index (κ2) is 13.7. The van der Waals surface area contributed by atoms with Gasteiger partial charge >= 0.3 is 0 Å². The average Bonchev–Trinajstić information content (AvgIpc) is 3.55. The third kappa shape index (κ3) is 5.66. The number of hydrogen-bond acceptors (Lipinski definition) is 0. The van der Waals surface area contributed by atoms with Crippen molar-refractivity contribution in [2.75, 3.05) is 0 Å². The van der Waals surface area contributed by atoms with E-state index in [1.165, 1.54) is 38.5 Å². The van der Waals surface area contributed by atoms with Crippen LogP contribution in [0.15, 0.2) is 0 Å². The summed E-state index contributed by atoms with van der Waals surface area (Å²) in [5.41, 5.74) is 1.31. The monoisotopic (exact) mass is 675 g/mol. The fourth-order valence-electron chi connectivity index (χ4n) is 18.8. The van der Waals surface area contributed by atoms with Crippen molar-refractivity contribution in [3.63, 3.8) is 0 Å². The Morgan fingerprint density at radius 1 is 0.592 bits per heavy atom. The van der Waals surface area contributed by atoms with Gasteiger partial charge in [0.05, 0.1) is 0 Å². The highest BCUT2D eigenvalue weighted by atomic mass is 14.8. The minimum atomic E-state index is 0.421. The molecule has 0 aromatic carbocycles. The molecular formula is C49H86. The molecule has 0 amide bonds. The predicted octanol–water partition coefficient (Wildman–Crippen LogP) is 14.6. The van der Waals surface area contributed by atoms with Gasteiger partial charge in [-0.3, -0.25) is 0 Å². The maximum absolute atomic E-state index is 2.85. The van der Waals surface area contributed by atoms with Crippen LogP contribution < -0.4 is 0 Å². The van der Waals surface area contributed by atoms with Crippen LogP contribution in [0.1, 0.15) is 186 Å². The van der Waals surface area contributed by atoms with Crippen molar-refractivity contribution >= 4 is 0 Å². The summed E-state index contributed by atoms with van der Waals surface area (Å²) in [4.78, 5) is 0. The average molecular weight is 675 g/mol. The standard InChI is InChI=1S/C49H86/c1-29(2)44-30(3)28-47(10)36(9)48(11)33(6)43-25-24-41(31(4)45(43)32(5)46(48)35(8)49(47,12)34(44)7)26-37-18-19-42(27-37)40-22-20-39(21-23-40)38-16-14-13-15-17-38/h29-46H,13-28H2,1-12H3. The Balaban J connectivity index is 1.04. The van der Waals surface area contributed by atoms with Crippen molar-refractivity contribution in [3.05, 3.63) is 0 Å². The summed E-state index contributed by atoms with van der Waals surface area (Å²) in [7, 11) is 0. The lowest BCUT2D eigenvalue weighted by molar-refractivity contribution is -0.291. The Morgan fingerprint density at radius 3 is 1.82 bits per heavy atom. The second-order valence-corrected chi connectivity index (χ2v) is 22.7. The molecule has 0 spiro atoms. The van der Waals surface area contributed by atoms with E-state index in [0.717, 1.165) is 107 Å². The zero-order valence-corrected chi connectivity index (χ0v) is 35.2. The quantitative estimate of drug-likeness (QED) is 0.272. The molecule has 7 aliphatic rings. The predicted molar refractivity (Wildman–Crippen MR) is 212 cm³/mol. The van der Waals surface area contributed by atoms with Crippen LogP contribution in [0, 0.1) is 123 Å². The normalized spacial score (nSPS) is 57.0. The Labute approximate surface area is 307 Å². The maximum Gasteiger partial charge on any atom is -0.0212 e. The van der Waals surface area contributed by atoms with Gasteiger partial charge in [-0.1, -0.05) is 122 Å².